The van der Waals surface area contributed by atoms with Crippen LogP contribution in [-0.4, -0.2) is 68.1 Å². The number of imidazole rings is 4. The van der Waals surface area contributed by atoms with Crippen molar-refractivity contribution in [3.8, 4) is 11.9 Å². The lowest BCUT2D eigenvalue weighted by Gasteiger charge is -2.13. The predicted molar refractivity (Wildman–Crippen MR) is 202 cm³/mol. The molecule has 0 radical (unpaired) electrons. The summed E-state index contributed by atoms with van der Waals surface area (Å²) in [6.07, 6.45) is 13.0. The van der Waals surface area contributed by atoms with Gasteiger partial charge in [0, 0.05) is 36.9 Å². The van der Waals surface area contributed by atoms with Gasteiger partial charge in [0.15, 0.2) is 11.3 Å². The van der Waals surface area contributed by atoms with Crippen LogP contribution in [0.25, 0.3) is 56.3 Å². The summed E-state index contributed by atoms with van der Waals surface area (Å²) in [5.74, 6) is -0.0996. The predicted octanol–water partition coefficient (Wildman–Crippen LogP) is 5.20. The van der Waals surface area contributed by atoms with Gasteiger partial charge in [-0.1, -0.05) is 12.1 Å². The maximum absolute atomic E-state index is 13.7. The van der Waals surface area contributed by atoms with Gasteiger partial charge in [0.05, 0.1) is 46.5 Å². The first-order valence-electron chi connectivity index (χ1n) is 17.2. The van der Waals surface area contributed by atoms with Gasteiger partial charge in [-0.15, -0.1) is 0 Å². The highest BCUT2D eigenvalue weighted by molar-refractivity contribution is 5.79. The second-order valence-corrected chi connectivity index (χ2v) is 12.8. The molecule has 56 heavy (non-hydrogen) atoms. The summed E-state index contributed by atoms with van der Waals surface area (Å²) in [5.41, 5.74) is 5.48. The molecular formula is C38H28F2N14O2. The number of hydrogen-bond donors (Lipinski definition) is 2. The van der Waals surface area contributed by atoms with Crippen LogP contribution in [0.15, 0.2) is 120 Å². The van der Waals surface area contributed by atoms with Crippen LogP contribution in [-0.2, 0) is 0 Å². The van der Waals surface area contributed by atoms with Crippen LogP contribution >= 0.6 is 0 Å². The molecule has 2 aromatic carbocycles. The van der Waals surface area contributed by atoms with Crippen molar-refractivity contribution in [3.05, 3.63) is 154 Å². The zero-order chi connectivity index (χ0) is 38.5. The van der Waals surface area contributed by atoms with Gasteiger partial charge >= 0.3 is 11.4 Å². The Hall–Kier alpha value is -7.76. The lowest BCUT2D eigenvalue weighted by atomic mass is 10.1. The minimum absolute atomic E-state index is 0.272. The Labute approximate surface area is 312 Å². The molecule has 2 N–H and O–H groups in total. The van der Waals surface area contributed by atoms with Gasteiger partial charge in [-0.2, -0.15) is 9.97 Å². The van der Waals surface area contributed by atoms with Gasteiger partial charge in [-0.05, 0) is 61.4 Å². The lowest BCUT2D eigenvalue weighted by molar-refractivity contribution is 0.627. The first-order valence-corrected chi connectivity index (χ1v) is 17.2. The van der Waals surface area contributed by atoms with E-state index < -0.39 is 0 Å². The minimum Gasteiger partial charge on any atom is -0.303 e. The third-order valence-electron chi connectivity index (χ3n) is 9.45. The van der Waals surface area contributed by atoms with E-state index in [1.807, 2.05) is 38.1 Å². The highest BCUT2D eigenvalue weighted by Gasteiger charge is 2.20. The molecule has 0 fully saturated rings. The number of hydrogen-bond acceptors (Lipinski definition) is 10. The first-order chi connectivity index (χ1) is 27.2. The van der Waals surface area contributed by atoms with Crippen LogP contribution in [0.1, 0.15) is 37.1 Å². The van der Waals surface area contributed by atoms with Crippen LogP contribution in [0.5, 0.6) is 0 Å². The molecule has 0 aliphatic carbocycles. The molecule has 10 rings (SSSR count). The van der Waals surface area contributed by atoms with Crippen molar-refractivity contribution in [2.24, 2.45) is 0 Å². The number of aromatic amines is 2. The van der Waals surface area contributed by atoms with Gasteiger partial charge in [-0.3, -0.25) is 28.2 Å². The number of aromatic nitrogens is 14. The maximum Gasteiger partial charge on any atom is 0.328 e. The van der Waals surface area contributed by atoms with Crippen LogP contribution < -0.4 is 11.4 Å². The van der Waals surface area contributed by atoms with Crippen molar-refractivity contribution in [1.82, 2.24) is 68.1 Å². The zero-order valence-electron chi connectivity index (χ0n) is 29.5. The fourth-order valence-electron chi connectivity index (χ4n) is 6.60. The fraction of sp³-hybridized carbons (Fsp3) is 0.105. The van der Waals surface area contributed by atoms with E-state index in [0.717, 1.165) is 11.1 Å². The topological polar surface area (TPSA) is 189 Å². The zero-order valence-corrected chi connectivity index (χ0v) is 29.5. The van der Waals surface area contributed by atoms with Crippen molar-refractivity contribution in [3.63, 3.8) is 0 Å². The van der Waals surface area contributed by atoms with Crippen LogP contribution in [0.3, 0.4) is 0 Å². The molecule has 8 heterocycles. The van der Waals surface area contributed by atoms with Crippen molar-refractivity contribution >= 4 is 44.4 Å². The van der Waals surface area contributed by atoms with Gasteiger partial charge in [0.25, 0.3) is 0 Å². The third kappa shape index (κ3) is 5.94. The van der Waals surface area contributed by atoms with Crippen molar-refractivity contribution in [2.45, 2.75) is 25.9 Å². The highest BCUT2D eigenvalue weighted by atomic mass is 19.1. The highest BCUT2D eigenvalue weighted by Crippen LogP contribution is 2.24. The smallest absolute Gasteiger partial charge is 0.303 e. The second-order valence-electron chi connectivity index (χ2n) is 12.8. The van der Waals surface area contributed by atoms with Crippen LogP contribution in [0.2, 0.25) is 0 Å². The summed E-state index contributed by atoms with van der Waals surface area (Å²) < 4.78 is 33.5. The van der Waals surface area contributed by atoms with Crippen molar-refractivity contribution in [2.75, 3.05) is 0 Å². The van der Waals surface area contributed by atoms with Gasteiger partial charge in [0.2, 0.25) is 11.9 Å². The Bertz CT molecular complexity index is 3170. The quantitative estimate of drug-likeness (QED) is 0.229. The summed E-state index contributed by atoms with van der Waals surface area (Å²) in [6.45, 7) is 3.80. The van der Waals surface area contributed by atoms with E-state index in [0.29, 0.717) is 56.3 Å². The molecule has 0 aliphatic heterocycles. The fourth-order valence-corrected chi connectivity index (χ4v) is 6.60. The molecule has 0 bridgehead atoms. The van der Waals surface area contributed by atoms with E-state index >= 15 is 0 Å². The van der Waals surface area contributed by atoms with Crippen LogP contribution in [0, 0.1) is 11.6 Å². The first kappa shape index (κ1) is 34.0. The Balaban J connectivity index is 0.000000146. The molecule has 2 unspecified atom stereocenters. The van der Waals surface area contributed by atoms with Crippen LogP contribution in [0.4, 0.5) is 8.78 Å². The van der Waals surface area contributed by atoms with Gasteiger partial charge in [0.1, 0.15) is 35.3 Å². The number of halogens is 2. The molecule has 0 aliphatic rings. The Morgan fingerprint density at radius 2 is 1.11 bits per heavy atom. The molecule has 0 spiro atoms. The number of pyridine rings is 2. The molecular weight excluding hydrogens is 723 g/mol. The largest absolute Gasteiger partial charge is 0.328 e. The molecule has 18 heteroatoms. The molecule has 8 aromatic heterocycles. The van der Waals surface area contributed by atoms with E-state index in [9.17, 15) is 18.4 Å². The molecule has 0 amide bonds. The summed E-state index contributed by atoms with van der Waals surface area (Å²) in [7, 11) is 0. The number of fused-ring (bicyclic) bond motifs is 4. The van der Waals surface area contributed by atoms with E-state index in [4.69, 9.17) is 0 Å². The van der Waals surface area contributed by atoms with Gasteiger partial charge in [-0.25, -0.2) is 38.3 Å². The standard InChI is InChI=1S/2C19H14FN7O/c1-11(12-3-2-6-21-8-12)27-17-15(24-19(27)28)9-22-18(25-17)26-10-23-14-7-13(20)4-5-16(14)26;1-11(12-3-2-6-21-8-12)27-17-15(24-19(27)28)9-22-18(25-17)26-10-23-14-5-4-13(20)7-16(14)26/h2*2-11H,1H3,(H,24,28). The van der Waals surface area contributed by atoms with E-state index in [2.05, 4.69) is 49.8 Å². The Morgan fingerprint density at radius 3 is 1.66 bits per heavy atom. The van der Waals surface area contributed by atoms with Crippen molar-refractivity contribution in [1.29, 1.82) is 0 Å². The maximum atomic E-state index is 13.7. The number of nitrogens with zero attached hydrogens (tertiary/aromatic N) is 12. The molecule has 0 saturated carbocycles. The minimum atomic E-state index is -0.376. The molecule has 16 nitrogen and oxygen atoms in total. The molecule has 276 valence electrons. The number of benzene rings is 2. The lowest BCUT2D eigenvalue weighted by Crippen LogP contribution is -2.21. The SMILES string of the molecule is CC(c1cccnc1)n1c(=O)[nH]c2cnc(-n3cnc4cc(F)ccc43)nc21.CC(c1cccnc1)n1c(=O)[nH]c2cnc(-n3cnc4ccc(F)cc43)nc21. The average molecular weight is 751 g/mol. The van der Waals surface area contributed by atoms with Gasteiger partial charge < -0.3 is 9.97 Å². The number of H-pyrrole nitrogens is 2. The Morgan fingerprint density at radius 1 is 0.589 bits per heavy atom. The third-order valence-corrected chi connectivity index (χ3v) is 9.45. The Kier molecular flexibility index (Phi) is 8.25. The second kappa shape index (κ2) is 13.6. The van der Waals surface area contributed by atoms with Crippen molar-refractivity contribution < 1.29 is 8.78 Å². The molecule has 2 atom stereocenters. The summed E-state index contributed by atoms with van der Waals surface area (Å²) >= 11 is 0. The monoisotopic (exact) mass is 750 g/mol. The number of nitrogens with one attached hydrogen (secondary N) is 2. The summed E-state index contributed by atoms with van der Waals surface area (Å²) in [5, 5.41) is 0. The van der Waals surface area contributed by atoms with E-state index in [-0.39, 0.29) is 35.1 Å². The normalized spacial score (nSPS) is 12.6. The van der Waals surface area contributed by atoms with E-state index in [1.165, 1.54) is 43.1 Å². The molecule has 0 saturated heterocycles. The summed E-state index contributed by atoms with van der Waals surface area (Å²) in [4.78, 5) is 65.2. The summed E-state index contributed by atoms with van der Waals surface area (Å²) in [6, 6.07) is 15.5. The van der Waals surface area contributed by atoms with E-state index in [1.54, 1.807) is 61.4 Å². The molecule has 10 aromatic rings. The number of rotatable bonds is 6. The average Bonchev–Trinajstić information content (AvgIpc) is 3.99.